The third-order valence-electron chi connectivity index (χ3n) is 3.55. The van der Waals surface area contributed by atoms with Crippen molar-refractivity contribution < 1.29 is 5.11 Å². The lowest BCUT2D eigenvalue weighted by atomic mass is 9.85. The van der Waals surface area contributed by atoms with Crippen LogP contribution in [0.3, 0.4) is 0 Å². The number of phenolic OH excluding ortho intramolecular Hbond substituents is 1. The van der Waals surface area contributed by atoms with Crippen LogP contribution in [0.1, 0.15) is 49.3 Å². The second-order valence-corrected chi connectivity index (χ2v) is 5.04. The topological polar surface area (TPSA) is 20.2 Å². The van der Waals surface area contributed by atoms with Gasteiger partial charge in [-0.15, -0.1) is 0 Å². The fourth-order valence-corrected chi connectivity index (χ4v) is 2.49. The van der Waals surface area contributed by atoms with Gasteiger partial charge >= 0.3 is 0 Å². The lowest BCUT2D eigenvalue weighted by Crippen LogP contribution is -2.04. The second kappa shape index (κ2) is 4.32. The van der Waals surface area contributed by atoms with Crippen molar-refractivity contribution in [2.45, 2.75) is 46.0 Å². The van der Waals surface area contributed by atoms with Crippen LogP contribution in [0.4, 0.5) is 0 Å². The molecule has 0 fully saturated rings. The van der Waals surface area contributed by atoms with Crippen LogP contribution < -0.4 is 0 Å². The number of benzene rings is 1. The highest BCUT2D eigenvalue weighted by molar-refractivity contribution is 5.44. The monoisotopic (exact) mass is 216 g/mol. The predicted octanol–water partition coefficient (Wildman–Crippen LogP) is 4.09. The molecule has 0 saturated carbocycles. The summed E-state index contributed by atoms with van der Waals surface area (Å²) in [5.74, 6) is 0.985. The Morgan fingerprint density at radius 1 is 1.25 bits per heavy atom. The minimum Gasteiger partial charge on any atom is -0.508 e. The molecule has 1 aliphatic carbocycles. The summed E-state index contributed by atoms with van der Waals surface area (Å²) in [6.07, 6.45) is 5.70. The summed E-state index contributed by atoms with van der Waals surface area (Å²) in [6.45, 7) is 6.42. The van der Waals surface area contributed by atoms with Crippen LogP contribution in [-0.2, 0) is 6.42 Å². The number of hydrogen-bond donors (Lipinski definition) is 1. The number of rotatable bonds is 0. The summed E-state index contributed by atoms with van der Waals surface area (Å²) < 4.78 is 0. The molecule has 0 aromatic heterocycles. The molecule has 0 amide bonds. The fraction of sp³-hybridized carbons (Fsp3) is 0.467. The third-order valence-corrected chi connectivity index (χ3v) is 3.55. The first-order valence-electron chi connectivity index (χ1n) is 6.06. The van der Waals surface area contributed by atoms with E-state index < -0.39 is 0 Å². The highest BCUT2D eigenvalue weighted by atomic mass is 16.3. The van der Waals surface area contributed by atoms with Crippen molar-refractivity contribution >= 4 is 0 Å². The van der Waals surface area contributed by atoms with Gasteiger partial charge in [-0.05, 0) is 61.8 Å². The quantitative estimate of drug-likeness (QED) is 0.648. The zero-order valence-corrected chi connectivity index (χ0v) is 10.4. The van der Waals surface area contributed by atoms with E-state index in [-0.39, 0.29) is 0 Å². The van der Waals surface area contributed by atoms with Gasteiger partial charge in [0.2, 0.25) is 0 Å². The number of fused-ring (bicyclic) bond motifs is 1. The Hall–Kier alpha value is -1.24. The van der Waals surface area contributed by atoms with Crippen molar-refractivity contribution in [3.63, 3.8) is 0 Å². The van der Waals surface area contributed by atoms with Crippen molar-refractivity contribution in [2.24, 2.45) is 0 Å². The molecule has 1 heteroatoms. The largest absolute Gasteiger partial charge is 0.508 e. The molecule has 0 unspecified atom stereocenters. The normalized spacial score (nSPS) is 23.9. The molecule has 1 aromatic carbocycles. The Morgan fingerprint density at radius 2 is 2.00 bits per heavy atom. The molecule has 1 aromatic rings. The van der Waals surface area contributed by atoms with E-state index in [1.165, 1.54) is 23.1 Å². The number of allylic oxidation sites excluding steroid dienone is 2. The molecule has 0 bridgehead atoms. The zero-order valence-electron chi connectivity index (χ0n) is 10.4. The van der Waals surface area contributed by atoms with Crippen LogP contribution in [0, 0.1) is 6.92 Å². The maximum atomic E-state index is 9.81. The summed E-state index contributed by atoms with van der Waals surface area (Å²) in [5.41, 5.74) is 5.14. The van der Waals surface area contributed by atoms with E-state index in [9.17, 15) is 5.11 Å². The van der Waals surface area contributed by atoms with E-state index in [2.05, 4.69) is 26.0 Å². The van der Waals surface area contributed by atoms with Crippen LogP contribution in [-0.4, -0.2) is 5.11 Å². The van der Waals surface area contributed by atoms with E-state index in [1.54, 1.807) is 0 Å². The van der Waals surface area contributed by atoms with Crippen molar-refractivity contribution in [1.29, 1.82) is 0 Å². The molecule has 0 aliphatic heterocycles. The third kappa shape index (κ3) is 2.13. The predicted molar refractivity (Wildman–Crippen MR) is 68.0 cm³/mol. The van der Waals surface area contributed by atoms with Crippen LogP contribution >= 0.6 is 0 Å². The second-order valence-electron chi connectivity index (χ2n) is 5.04. The molecule has 1 N–H and O–H groups in total. The van der Waals surface area contributed by atoms with E-state index >= 15 is 0 Å². The molecule has 0 radical (unpaired) electrons. The molecule has 1 atom stereocenters. The molecular weight excluding hydrogens is 196 g/mol. The standard InChI is InChI=1S/C15H20O/c1-10-5-4-6-11(2)14-9-15(16)12(3)8-13(14)7-10/h5,8-9,11,16H,4,6-7H2,1-3H3/b10-5-/t11-/m0/s1. The lowest BCUT2D eigenvalue weighted by molar-refractivity contribution is 0.468. The number of phenols is 1. The van der Waals surface area contributed by atoms with Gasteiger partial charge in [0, 0.05) is 0 Å². The van der Waals surface area contributed by atoms with E-state index in [4.69, 9.17) is 0 Å². The van der Waals surface area contributed by atoms with Crippen molar-refractivity contribution in [2.75, 3.05) is 0 Å². The molecule has 0 heterocycles. The van der Waals surface area contributed by atoms with Gasteiger partial charge in [0.1, 0.15) is 5.75 Å². The summed E-state index contributed by atoms with van der Waals surface area (Å²) in [7, 11) is 0. The molecular formula is C15H20O. The first-order valence-corrected chi connectivity index (χ1v) is 6.06. The molecule has 16 heavy (non-hydrogen) atoms. The van der Waals surface area contributed by atoms with Gasteiger partial charge < -0.3 is 5.11 Å². The van der Waals surface area contributed by atoms with Crippen LogP contribution in [0.25, 0.3) is 0 Å². The van der Waals surface area contributed by atoms with Gasteiger partial charge in [0.15, 0.2) is 0 Å². The number of aromatic hydroxyl groups is 1. The maximum Gasteiger partial charge on any atom is 0.118 e. The summed E-state index contributed by atoms with van der Waals surface area (Å²) in [6, 6.07) is 4.11. The van der Waals surface area contributed by atoms with E-state index in [0.717, 1.165) is 18.4 Å². The Labute approximate surface area is 97.8 Å². The molecule has 2 rings (SSSR count). The van der Waals surface area contributed by atoms with Gasteiger partial charge in [0.05, 0.1) is 0 Å². The van der Waals surface area contributed by atoms with Crippen LogP contribution in [0.5, 0.6) is 5.75 Å². The van der Waals surface area contributed by atoms with Gasteiger partial charge in [0.25, 0.3) is 0 Å². The molecule has 1 aliphatic rings. The van der Waals surface area contributed by atoms with Gasteiger partial charge in [-0.3, -0.25) is 0 Å². The molecule has 0 spiro atoms. The summed E-state index contributed by atoms with van der Waals surface area (Å²) in [5, 5.41) is 9.81. The molecule has 0 saturated heterocycles. The van der Waals surface area contributed by atoms with Crippen molar-refractivity contribution in [1.82, 2.24) is 0 Å². The van der Waals surface area contributed by atoms with Crippen LogP contribution in [0.15, 0.2) is 23.8 Å². The minimum atomic E-state index is 0.438. The first-order chi connectivity index (χ1) is 7.58. The van der Waals surface area contributed by atoms with Crippen LogP contribution in [0.2, 0.25) is 0 Å². The Morgan fingerprint density at radius 3 is 2.75 bits per heavy atom. The first kappa shape index (κ1) is 11.3. The molecule has 1 nitrogen and oxygen atoms in total. The average Bonchev–Trinajstić information content (AvgIpc) is 2.21. The van der Waals surface area contributed by atoms with Gasteiger partial charge in [-0.2, -0.15) is 0 Å². The number of hydrogen-bond acceptors (Lipinski definition) is 1. The Kier molecular flexibility index (Phi) is 3.04. The maximum absolute atomic E-state index is 9.81. The van der Waals surface area contributed by atoms with Crippen molar-refractivity contribution in [3.8, 4) is 5.75 Å². The Bertz CT molecular complexity index is 429. The lowest BCUT2D eigenvalue weighted by Gasteiger charge is -2.20. The number of aryl methyl sites for hydroxylation is 1. The molecule has 86 valence electrons. The minimum absolute atomic E-state index is 0.438. The summed E-state index contributed by atoms with van der Waals surface area (Å²) >= 11 is 0. The summed E-state index contributed by atoms with van der Waals surface area (Å²) in [4.78, 5) is 0. The zero-order chi connectivity index (χ0) is 11.7. The smallest absolute Gasteiger partial charge is 0.118 e. The van der Waals surface area contributed by atoms with E-state index in [1.807, 2.05) is 13.0 Å². The van der Waals surface area contributed by atoms with E-state index in [0.29, 0.717) is 11.7 Å². The average molecular weight is 216 g/mol. The van der Waals surface area contributed by atoms with Gasteiger partial charge in [-0.25, -0.2) is 0 Å². The van der Waals surface area contributed by atoms with Crippen molar-refractivity contribution in [3.05, 3.63) is 40.5 Å². The highest BCUT2D eigenvalue weighted by Gasteiger charge is 2.15. The van der Waals surface area contributed by atoms with Gasteiger partial charge in [-0.1, -0.05) is 24.6 Å². The fourth-order valence-electron chi connectivity index (χ4n) is 2.49. The SMILES string of the molecule is C/C1=C/CC[C@H](C)c2cc(O)c(C)cc2C1. The highest BCUT2D eigenvalue weighted by Crippen LogP contribution is 2.33. The Balaban J connectivity index is 2.50.